The fourth-order valence-electron chi connectivity index (χ4n) is 1.76. The summed E-state index contributed by atoms with van der Waals surface area (Å²) in [6, 6.07) is 5.09. The summed E-state index contributed by atoms with van der Waals surface area (Å²) in [5, 5.41) is 6.16. The molecular formula is C13H19ClN2O3. The number of benzene rings is 1. The van der Waals surface area contributed by atoms with Gasteiger partial charge in [-0.2, -0.15) is 0 Å². The van der Waals surface area contributed by atoms with Crippen molar-refractivity contribution in [2.45, 2.75) is 19.3 Å². The fourth-order valence-corrected chi connectivity index (χ4v) is 1.96. The van der Waals surface area contributed by atoms with Gasteiger partial charge in [0.1, 0.15) is 0 Å². The topological polar surface area (TPSA) is 59.6 Å². The zero-order chi connectivity index (χ0) is 14.4. The smallest absolute Gasteiger partial charge is 0.252 e. The Morgan fingerprint density at radius 2 is 1.95 bits per heavy atom. The molecule has 0 saturated carbocycles. The highest BCUT2D eigenvalue weighted by molar-refractivity contribution is 6.34. The number of hydrogen-bond acceptors (Lipinski definition) is 4. The number of carbonyl (C=O) groups excluding carboxylic acids is 1. The van der Waals surface area contributed by atoms with Crippen LogP contribution in [0.5, 0.6) is 0 Å². The van der Waals surface area contributed by atoms with Crippen molar-refractivity contribution in [3.05, 3.63) is 28.8 Å². The summed E-state index contributed by atoms with van der Waals surface area (Å²) in [6.07, 6.45) is -0.376. The van der Waals surface area contributed by atoms with Crippen LogP contribution in [-0.4, -0.2) is 39.5 Å². The van der Waals surface area contributed by atoms with Crippen molar-refractivity contribution < 1.29 is 14.3 Å². The van der Waals surface area contributed by atoms with Gasteiger partial charge in [-0.1, -0.05) is 11.6 Å². The van der Waals surface area contributed by atoms with Crippen molar-refractivity contribution in [3.8, 4) is 0 Å². The molecule has 0 saturated heterocycles. The molecule has 0 aromatic heterocycles. The summed E-state index contributed by atoms with van der Waals surface area (Å²) in [5.41, 5.74) is 1.20. The molecule has 0 aliphatic heterocycles. The maximum atomic E-state index is 11.6. The summed E-state index contributed by atoms with van der Waals surface area (Å²) < 4.78 is 10.3. The minimum absolute atomic E-state index is 0.0753. The lowest BCUT2D eigenvalue weighted by Gasteiger charge is -2.23. The average molecular weight is 287 g/mol. The quantitative estimate of drug-likeness (QED) is 0.787. The first-order valence-corrected chi connectivity index (χ1v) is 6.25. The van der Waals surface area contributed by atoms with Crippen molar-refractivity contribution in [1.29, 1.82) is 0 Å². The van der Waals surface area contributed by atoms with E-state index in [4.69, 9.17) is 21.1 Å². The molecule has 0 fully saturated rings. The molecule has 1 aromatic rings. The number of carbonyl (C=O) groups is 1. The lowest BCUT2D eigenvalue weighted by atomic mass is 10.1. The molecule has 0 spiro atoms. The van der Waals surface area contributed by atoms with Gasteiger partial charge in [-0.3, -0.25) is 4.79 Å². The first kappa shape index (κ1) is 15.8. The summed E-state index contributed by atoms with van der Waals surface area (Å²) >= 11 is 5.99. The van der Waals surface area contributed by atoms with Crippen LogP contribution in [0.15, 0.2) is 18.2 Å². The maximum absolute atomic E-state index is 11.6. The third-order valence-corrected chi connectivity index (χ3v) is 3.03. The minimum atomic E-state index is -0.376. The van der Waals surface area contributed by atoms with Gasteiger partial charge >= 0.3 is 0 Å². The monoisotopic (exact) mass is 286 g/mol. The van der Waals surface area contributed by atoms with Crippen LogP contribution in [0.2, 0.25) is 5.02 Å². The molecule has 1 atom stereocenters. The number of ether oxygens (including phenoxy) is 2. The van der Waals surface area contributed by atoms with Gasteiger partial charge in [0.25, 0.3) is 5.91 Å². The molecule has 1 amide bonds. The number of anilines is 1. The van der Waals surface area contributed by atoms with Crippen LogP contribution in [-0.2, 0) is 9.47 Å². The first-order valence-electron chi connectivity index (χ1n) is 5.87. The Kier molecular flexibility index (Phi) is 6.08. The van der Waals surface area contributed by atoms with E-state index in [0.717, 1.165) is 5.69 Å². The highest BCUT2D eigenvalue weighted by atomic mass is 35.5. The second-order valence-electron chi connectivity index (χ2n) is 4.05. The molecule has 0 heterocycles. The van der Waals surface area contributed by atoms with Crippen LogP contribution < -0.4 is 10.6 Å². The van der Waals surface area contributed by atoms with Crippen LogP contribution in [0.1, 0.15) is 17.3 Å². The van der Waals surface area contributed by atoms with E-state index in [1.54, 1.807) is 39.5 Å². The third-order valence-electron chi connectivity index (χ3n) is 2.71. The molecular weight excluding hydrogens is 268 g/mol. The Labute approximate surface area is 118 Å². The number of amides is 1. The normalized spacial score (nSPS) is 12.3. The van der Waals surface area contributed by atoms with Crippen LogP contribution in [0, 0.1) is 0 Å². The van der Waals surface area contributed by atoms with E-state index in [-0.39, 0.29) is 18.2 Å². The van der Waals surface area contributed by atoms with Crippen LogP contribution in [0.25, 0.3) is 0 Å². The van der Waals surface area contributed by atoms with Crippen molar-refractivity contribution in [3.63, 3.8) is 0 Å². The molecule has 2 N–H and O–H groups in total. The van der Waals surface area contributed by atoms with E-state index in [1.807, 2.05) is 6.92 Å². The summed E-state index contributed by atoms with van der Waals surface area (Å²) in [4.78, 5) is 11.6. The lowest BCUT2D eigenvalue weighted by Crippen LogP contribution is -2.33. The SMILES string of the molecule is CNC(=O)c1cc(NC(C)C(OC)OC)ccc1Cl. The largest absolute Gasteiger partial charge is 0.377 e. The molecule has 0 radical (unpaired) electrons. The molecule has 1 aromatic carbocycles. The Morgan fingerprint density at radius 1 is 1.32 bits per heavy atom. The molecule has 0 aliphatic carbocycles. The Bertz CT molecular complexity index is 436. The Morgan fingerprint density at radius 3 is 2.47 bits per heavy atom. The van der Waals surface area contributed by atoms with E-state index < -0.39 is 0 Å². The van der Waals surface area contributed by atoms with Gasteiger partial charge in [0.05, 0.1) is 16.6 Å². The number of halogens is 1. The number of hydrogen-bond donors (Lipinski definition) is 2. The number of rotatable bonds is 6. The van der Waals surface area contributed by atoms with Gasteiger partial charge in [-0.05, 0) is 25.1 Å². The molecule has 0 bridgehead atoms. The van der Waals surface area contributed by atoms with Gasteiger partial charge in [-0.15, -0.1) is 0 Å². The zero-order valence-corrected chi connectivity index (χ0v) is 12.2. The van der Waals surface area contributed by atoms with E-state index in [1.165, 1.54) is 0 Å². The van der Waals surface area contributed by atoms with Crippen LogP contribution in [0.4, 0.5) is 5.69 Å². The molecule has 106 valence electrons. The van der Waals surface area contributed by atoms with Gasteiger partial charge in [-0.25, -0.2) is 0 Å². The highest BCUT2D eigenvalue weighted by Gasteiger charge is 2.16. The zero-order valence-electron chi connectivity index (χ0n) is 11.5. The molecule has 1 unspecified atom stereocenters. The van der Waals surface area contributed by atoms with Crippen LogP contribution >= 0.6 is 11.6 Å². The number of methoxy groups -OCH3 is 2. The van der Waals surface area contributed by atoms with Crippen molar-refractivity contribution in [1.82, 2.24) is 5.32 Å². The molecule has 6 heteroatoms. The molecule has 0 aliphatic rings. The highest BCUT2D eigenvalue weighted by Crippen LogP contribution is 2.21. The fraction of sp³-hybridized carbons (Fsp3) is 0.462. The van der Waals surface area contributed by atoms with E-state index in [0.29, 0.717) is 10.6 Å². The van der Waals surface area contributed by atoms with Gasteiger partial charge in [0.2, 0.25) is 0 Å². The second kappa shape index (κ2) is 7.33. The number of nitrogens with one attached hydrogen (secondary N) is 2. The van der Waals surface area contributed by atoms with Gasteiger partial charge in [0.15, 0.2) is 6.29 Å². The molecule has 19 heavy (non-hydrogen) atoms. The lowest BCUT2D eigenvalue weighted by molar-refractivity contribution is -0.109. The predicted molar refractivity (Wildman–Crippen MR) is 75.7 cm³/mol. The Hall–Kier alpha value is -1.30. The molecule has 5 nitrogen and oxygen atoms in total. The van der Waals surface area contributed by atoms with Gasteiger partial charge in [0, 0.05) is 27.0 Å². The van der Waals surface area contributed by atoms with Crippen molar-refractivity contribution in [2.75, 3.05) is 26.6 Å². The average Bonchev–Trinajstić information content (AvgIpc) is 2.41. The summed E-state index contributed by atoms with van der Waals surface area (Å²) in [7, 11) is 4.71. The van der Waals surface area contributed by atoms with E-state index >= 15 is 0 Å². The second-order valence-corrected chi connectivity index (χ2v) is 4.45. The van der Waals surface area contributed by atoms with E-state index in [2.05, 4.69) is 10.6 Å². The van der Waals surface area contributed by atoms with Crippen molar-refractivity contribution >= 4 is 23.2 Å². The standard InChI is InChI=1S/C13H19ClN2O3/c1-8(13(18-3)19-4)16-9-5-6-11(14)10(7-9)12(17)15-2/h5-8,13,16H,1-4H3,(H,15,17). The van der Waals surface area contributed by atoms with E-state index in [9.17, 15) is 4.79 Å². The predicted octanol–water partition coefficient (Wildman–Crippen LogP) is 2.12. The third kappa shape index (κ3) is 4.09. The van der Waals surface area contributed by atoms with Crippen molar-refractivity contribution in [2.24, 2.45) is 0 Å². The van der Waals surface area contributed by atoms with Crippen LogP contribution in [0.3, 0.4) is 0 Å². The summed E-state index contributed by atoms with van der Waals surface area (Å²) in [5.74, 6) is -0.226. The first-order chi connectivity index (χ1) is 9.03. The summed E-state index contributed by atoms with van der Waals surface area (Å²) in [6.45, 7) is 1.92. The Balaban J connectivity index is 2.88. The molecule has 1 rings (SSSR count). The maximum Gasteiger partial charge on any atom is 0.252 e. The minimum Gasteiger partial charge on any atom is -0.377 e. The van der Waals surface area contributed by atoms with Gasteiger partial charge < -0.3 is 20.1 Å².